The number of hydrogen-bond donors (Lipinski definition) is 1. The molecule has 1 atom stereocenters. The maximum atomic E-state index is 8.79. The van der Waals surface area contributed by atoms with Gasteiger partial charge in [0, 0.05) is 11.1 Å². The van der Waals surface area contributed by atoms with E-state index >= 15 is 0 Å². The summed E-state index contributed by atoms with van der Waals surface area (Å²) in [7, 11) is 0. The smallest absolute Gasteiger partial charge is 0.136 e. The molecule has 2 rings (SSSR count). The lowest BCUT2D eigenvalue weighted by Crippen LogP contribution is -1.97. The summed E-state index contributed by atoms with van der Waals surface area (Å²) in [4.78, 5) is 4.35. The molecule has 0 spiro atoms. The minimum Gasteiger partial charge on any atom is -0.251 e. The van der Waals surface area contributed by atoms with Crippen molar-refractivity contribution in [1.29, 1.82) is 0 Å². The van der Waals surface area contributed by atoms with E-state index in [2.05, 4.69) is 54.5 Å². The summed E-state index contributed by atoms with van der Waals surface area (Å²) in [6.45, 7) is 5.85. The molecule has 0 saturated heterocycles. The minimum atomic E-state index is -0.507. The molecule has 0 aliphatic heterocycles. The fourth-order valence-corrected chi connectivity index (χ4v) is 2.47. The largest absolute Gasteiger partial charge is 0.251 e. The standard InChI is InChI=1S/C22H24O2/c1-3-5-6-7-18-8-10-19(11-9-18)12-13-20-14-16-21(17-15-20)22(4-2)24-23/h4,8-11,14-17,22-23H,2-3,5-7H2,1H3. The van der Waals surface area contributed by atoms with Crippen LogP contribution in [-0.4, -0.2) is 5.26 Å². The van der Waals surface area contributed by atoms with E-state index in [1.54, 1.807) is 6.08 Å². The highest BCUT2D eigenvalue weighted by atomic mass is 17.1. The molecular weight excluding hydrogens is 296 g/mol. The Morgan fingerprint density at radius 2 is 1.58 bits per heavy atom. The van der Waals surface area contributed by atoms with Crippen LogP contribution in [0.1, 0.15) is 54.5 Å². The third-order valence-corrected chi connectivity index (χ3v) is 3.94. The van der Waals surface area contributed by atoms with Crippen LogP contribution in [0, 0.1) is 11.8 Å². The predicted molar refractivity (Wildman–Crippen MR) is 98.7 cm³/mol. The Hall–Kier alpha value is -2.34. The van der Waals surface area contributed by atoms with Gasteiger partial charge in [-0.25, -0.2) is 4.89 Å². The topological polar surface area (TPSA) is 29.5 Å². The molecule has 0 radical (unpaired) electrons. The van der Waals surface area contributed by atoms with Crippen LogP contribution in [0.25, 0.3) is 0 Å². The van der Waals surface area contributed by atoms with Crippen molar-refractivity contribution in [2.75, 3.05) is 0 Å². The molecule has 0 aliphatic rings. The number of hydrogen-bond acceptors (Lipinski definition) is 2. The van der Waals surface area contributed by atoms with E-state index in [9.17, 15) is 0 Å². The quantitative estimate of drug-likeness (QED) is 0.239. The average Bonchev–Trinajstić information content (AvgIpc) is 2.63. The molecule has 0 bridgehead atoms. The van der Waals surface area contributed by atoms with Gasteiger partial charge in [0.25, 0.3) is 0 Å². The highest BCUT2D eigenvalue weighted by Crippen LogP contribution is 2.17. The van der Waals surface area contributed by atoms with Gasteiger partial charge in [0.1, 0.15) is 6.10 Å². The van der Waals surface area contributed by atoms with Crippen molar-refractivity contribution in [1.82, 2.24) is 0 Å². The second-order valence-corrected chi connectivity index (χ2v) is 5.79. The number of benzene rings is 2. The normalized spacial score (nSPS) is 11.4. The van der Waals surface area contributed by atoms with E-state index in [1.807, 2.05) is 24.3 Å². The zero-order valence-corrected chi connectivity index (χ0v) is 14.2. The van der Waals surface area contributed by atoms with Crippen LogP contribution in [0.4, 0.5) is 0 Å². The van der Waals surface area contributed by atoms with Gasteiger partial charge in [0.15, 0.2) is 0 Å². The molecule has 0 saturated carbocycles. The second-order valence-electron chi connectivity index (χ2n) is 5.79. The average molecular weight is 320 g/mol. The van der Waals surface area contributed by atoms with Crippen molar-refractivity contribution in [3.05, 3.63) is 83.4 Å². The van der Waals surface area contributed by atoms with Gasteiger partial charge in [0.05, 0.1) is 0 Å². The van der Waals surface area contributed by atoms with Gasteiger partial charge in [-0.1, -0.05) is 61.9 Å². The molecule has 2 aromatic carbocycles. The third-order valence-electron chi connectivity index (χ3n) is 3.94. The van der Waals surface area contributed by atoms with Crippen molar-refractivity contribution >= 4 is 0 Å². The van der Waals surface area contributed by atoms with E-state index < -0.39 is 6.10 Å². The highest BCUT2D eigenvalue weighted by Gasteiger charge is 2.06. The first-order chi connectivity index (χ1) is 11.8. The minimum absolute atomic E-state index is 0.507. The third kappa shape index (κ3) is 5.38. The summed E-state index contributed by atoms with van der Waals surface area (Å²) in [6, 6.07) is 16.1. The number of rotatable bonds is 7. The lowest BCUT2D eigenvalue weighted by atomic mass is 10.0. The fraction of sp³-hybridized carbons (Fsp3) is 0.273. The van der Waals surface area contributed by atoms with Crippen LogP contribution in [-0.2, 0) is 11.3 Å². The zero-order chi connectivity index (χ0) is 17.2. The van der Waals surface area contributed by atoms with Crippen molar-refractivity contribution in [2.45, 2.75) is 38.7 Å². The Labute approximate surface area is 144 Å². The Bertz CT molecular complexity index is 687. The van der Waals surface area contributed by atoms with Crippen LogP contribution in [0.2, 0.25) is 0 Å². The van der Waals surface area contributed by atoms with Gasteiger partial charge in [-0.2, -0.15) is 0 Å². The lowest BCUT2D eigenvalue weighted by molar-refractivity contribution is -0.268. The fourth-order valence-electron chi connectivity index (χ4n) is 2.47. The summed E-state index contributed by atoms with van der Waals surface area (Å²) < 4.78 is 0. The van der Waals surface area contributed by atoms with Crippen LogP contribution in [0.5, 0.6) is 0 Å². The highest BCUT2D eigenvalue weighted by molar-refractivity contribution is 5.44. The van der Waals surface area contributed by atoms with Crippen LogP contribution < -0.4 is 0 Å². The SMILES string of the molecule is C=CC(OO)c1ccc(C#Cc2ccc(CCCCC)cc2)cc1. The Morgan fingerprint density at radius 1 is 1.00 bits per heavy atom. The van der Waals surface area contributed by atoms with Crippen LogP contribution in [0.15, 0.2) is 61.2 Å². The molecule has 24 heavy (non-hydrogen) atoms. The van der Waals surface area contributed by atoms with Gasteiger partial charge >= 0.3 is 0 Å². The van der Waals surface area contributed by atoms with E-state index in [0.717, 1.165) is 23.1 Å². The van der Waals surface area contributed by atoms with E-state index in [0.29, 0.717) is 0 Å². The maximum Gasteiger partial charge on any atom is 0.136 e. The van der Waals surface area contributed by atoms with Gasteiger partial charge in [-0.05, 0) is 48.2 Å². The number of aryl methyl sites for hydroxylation is 1. The van der Waals surface area contributed by atoms with E-state index in [4.69, 9.17) is 5.26 Å². The van der Waals surface area contributed by atoms with Gasteiger partial charge in [-0.15, -0.1) is 6.58 Å². The Balaban J connectivity index is 2.00. The maximum absolute atomic E-state index is 8.79. The Morgan fingerprint density at radius 3 is 2.08 bits per heavy atom. The van der Waals surface area contributed by atoms with Crippen molar-refractivity contribution in [3.63, 3.8) is 0 Å². The van der Waals surface area contributed by atoms with E-state index in [1.165, 1.54) is 24.8 Å². The summed E-state index contributed by atoms with van der Waals surface area (Å²) in [5.74, 6) is 6.34. The van der Waals surface area contributed by atoms with Crippen molar-refractivity contribution in [2.24, 2.45) is 0 Å². The van der Waals surface area contributed by atoms with Crippen molar-refractivity contribution < 1.29 is 10.1 Å². The molecule has 0 amide bonds. The molecule has 0 heterocycles. The monoisotopic (exact) mass is 320 g/mol. The molecule has 0 aromatic heterocycles. The van der Waals surface area contributed by atoms with Crippen molar-refractivity contribution in [3.8, 4) is 11.8 Å². The van der Waals surface area contributed by atoms with Gasteiger partial charge < -0.3 is 0 Å². The molecule has 2 heteroatoms. The van der Waals surface area contributed by atoms with E-state index in [-0.39, 0.29) is 0 Å². The predicted octanol–water partition coefficient (Wildman–Crippen LogP) is 5.54. The Kier molecular flexibility index (Phi) is 7.29. The molecule has 2 aromatic rings. The first-order valence-corrected chi connectivity index (χ1v) is 8.40. The first kappa shape index (κ1) is 18.0. The summed E-state index contributed by atoms with van der Waals surface area (Å²) in [5.41, 5.74) is 4.15. The van der Waals surface area contributed by atoms with Crippen LogP contribution in [0.3, 0.4) is 0 Å². The molecule has 1 N–H and O–H groups in total. The first-order valence-electron chi connectivity index (χ1n) is 8.40. The summed E-state index contributed by atoms with van der Waals surface area (Å²) in [5, 5.41) is 8.79. The van der Waals surface area contributed by atoms with Gasteiger partial charge in [-0.3, -0.25) is 5.26 Å². The molecule has 1 unspecified atom stereocenters. The number of unbranched alkanes of at least 4 members (excludes halogenated alkanes) is 2. The molecule has 2 nitrogen and oxygen atoms in total. The second kappa shape index (κ2) is 9.72. The summed E-state index contributed by atoms with van der Waals surface area (Å²) in [6.07, 6.45) is 5.96. The van der Waals surface area contributed by atoms with Crippen LogP contribution >= 0.6 is 0 Å². The molecule has 0 fully saturated rings. The summed E-state index contributed by atoms with van der Waals surface area (Å²) >= 11 is 0. The molecule has 0 aliphatic carbocycles. The lowest BCUT2D eigenvalue weighted by Gasteiger charge is -2.07. The van der Waals surface area contributed by atoms with Gasteiger partial charge in [0.2, 0.25) is 0 Å². The molecule has 124 valence electrons. The molecular formula is C22H24O2. The zero-order valence-electron chi connectivity index (χ0n) is 14.2.